The van der Waals surface area contributed by atoms with Gasteiger partial charge in [-0.2, -0.15) is 0 Å². The highest BCUT2D eigenvalue weighted by atomic mass is 16.5. The highest BCUT2D eigenvalue weighted by Gasteiger charge is 2.26. The molecule has 1 fully saturated rings. The zero-order valence-corrected chi connectivity index (χ0v) is 11.4. The Morgan fingerprint density at radius 3 is 2.47 bits per heavy atom. The summed E-state index contributed by atoms with van der Waals surface area (Å²) >= 11 is 0. The monoisotopic (exact) mass is 242 g/mol. The molecule has 2 N–H and O–H groups in total. The fraction of sp³-hybridized carbons (Fsp3) is 0.923. The van der Waals surface area contributed by atoms with E-state index in [1.54, 1.807) is 0 Å². The molecule has 1 saturated heterocycles. The van der Waals surface area contributed by atoms with Crippen LogP contribution in [0.3, 0.4) is 0 Å². The van der Waals surface area contributed by atoms with E-state index in [0.29, 0.717) is 6.42 Å². The molecule has 0 amide bonds. The van der Waals surface area contributed by atoms with Gasteiger partial charge in [0.2, 0.25) is 0 Å². The van der Waals surface area contributed by atoms with E-state index in [1.807, 2.05) is 20.8 Å². The number of morpholine rings is 1. The summed E-state index contributed by atoms with van der Waals surface area (Å²) in [6.45, 7) is 10.6. The van der Waals surface area contributed by atoms with Crippen LogP contribution in [0.5, 0.6) is 0 Å². The molecule has 0 aromatic rings. The van der Waals surface area contributed by atoms with E-state index in [4.69, 9.17) is 10.5 Å². The second-order valence-corrected chi connectivity index (χ2v) is 5.87. The van der Waals surface area contributed by atoms with Gasteiger partial charge in [-0.3, -0.25) is 9.69 Å². The molecule has 0 radical (unpaired) electrons. The van der Waals surface area contributed by atoms with Crippen molar-refractivity contribution in [3.8, 4) is 0 Å². The van der Waals surface area contributed by atoms with Crippen LogP contribution in [-0.4, -0.2) is 49.6 Å². The topological polar surface area (TPSA) is 55.6 Å². The van der Waals surface area contributed by atoms with E-state index < -0.39 is 0 Å². The van der Waals surface area contributed by atoms with Crippen molar-refractivity contribution in [3.05, 3.63) is 0 Å². The molecular formula is C13H26N2O2. The number of ketones is 1. The van der Waals surface area contributed by atoms with E-state index in [-0.39, 0.29) is 17.2 Å². The summed E-state index contributed by atoms with van der Waals surface area (Å²) in [5.41, 5.74) is 5.80. The Morgan fingerprint density at radius 2 is 1.94 bits per heavy atom. The summed E-state index contributed by atoms with van der Waals surface area (Å²) in [7, 11) is 0. The van der Waals surface area contributed by atoms with Gasteiger partial charge in [0.1, 0.15) is 5.78 Å². The quantitative estimate of drug-likeness (QED) is 0.782. The van der Waals surface area contributed by atoms with E-state index >= 15 is 0 Å². The molecule has 0 saturated carbocycles. The predicted molar refractivity (Wildman–Crippen MR) is 68.9 cm³/mol. The Hall–Kier alpha value is -0.450. The minimum atomic E-state index is -0.341. The summed E-state index contributed by atoms with van der Waals surface area (Å²) in [5, 5.41) is 0. The number of hydrogen-bond acceptors (Lipinski definition) is 4. The van der Waals surface area contributed by atoms with Gasteiger partial charge in [0, 0.05) is 19.5 Å². The first-order chi connectivity index (χ1) is 7.91. The standard InChI is InChI=1S/C13H26N2O2/c1-13(2,3)12(14)11(16)5-4-6-15-7-9-17-10-8-15/h12H,4-10,14H2,1-3H3. The van der Waals surface area contributed by atoms with Crippen molar-refractivity contribution in [2.75, 3.05) is 32.8 Å². The van der Waals surface area contributed by atoms with Gasteiger partial charge in [0.05, 0.1) is 19.3 Å². The van der Waals surface area contributed by atoms with E-state index in [2.05, 4.69) is 4.90 Å². The molecule has 1 heterocycles. The van der Waals surface area contributed by atoms with Gasteiger partial charge in [-0.15, -0.1) is 0 Å². The molecule has 100 valence electrons. The summed E-state index contributed by atoms with van der Waals surface area (Å²) in [4.78, 5) is 14.2. The molecule has 1 unspecified atom stereocenters. The van der Waals surface area contributed by atoms with Crippen molar-refractivity contribution >= 4 is 5.78 Å². The fourth-order valence-corrected chi connectivity index (χ4v) is 1.94. The average molecular weight is 242 g/mol. The minimum Gasteiger partial charge on any atom is -0.379 e. The number of hydrogen-bond donors (Lipinski definition) is 1. The van der Waals surface area contributed by atoms with Crippen molar-refractivity contribution in [2.45, 2.75) is 39.7 Å². The molecule has 1 aliphatic rings. The Bertz CT molecular complexity index is 242. The van der Waals surface area contributed by atoms with Crippen LogP contribution in [0.25, 0.3) is 0 Å². The number of carbonyl (C=O) groups excluding carboxylic acids is 1. The summed E-state index contributed by atoms with van der Waals surface area (Å²) in [6, 6.07) is -0.341. The fourth-order valence-electron chi connectivity index (χ4n) is 1.94. The van der Waals surface area contributed by atoms with Crippen LogP contribution in [0.15, 0.2) is 0 Å². The molecule has 0 aromatic heterocycles. The Balaban J connectivity index is 2.19. The average Bonchev–Trinajstić information content (AvgIpc) is 2.28. The van der Waals surface area contributed by atoms with Gasteiger partial charge >= 0.3 is 0 Å². The molecule has 0 aromatic carbocycles. The second kappa shape index (κ2) is 6.47. The molecule has 0 aliphatic carbocycles. The predicted octanol–water partition coefficient (Wildman–Crippen LogP) is 1.04. The van der Waals surface area contributed by atoms with Crippen molar-refractivity contribution in [3.63, 3.8) is 0 Å². The lowest BCUT2D eigenvalue weighted by atomic mass is 9.84. The van der Waals surface area contributed by atoms with E-state index in [9.17, 15) is 4.79 Å². The van der Waals surface area contributed by atoms with Gasteiger partial charge in [0.25, 0.3) is 0 Å². The third-order valence-electron chi connectivity index (χ3n) is 3.28. The lowest BCUT2D eigenvalue weighted by molar-refractivity contribution is -0.122. The number of rotatable bonds is 5. The van der Waals surface area contributed by atoms with Crippen LogP contribution in [-0.2, 0) is 9.53 Å². The summed E-state index contributed by atoms with van der Waals surface area (Å²) < 4.78 is 5.28. The molecule has 4 nitrogen and oxygen atoms in total. The molecule has 4 heteroatoms. The maximum atomic E-state index is 11.9. The van der Waals surface area contributed by atoms with Crippen LogP contribution >= 0.6 is 0 Å². The lowest BCUT2D eigenvalue weighted by Crippen LogP contribution is -2.42. The number of Topliss-reactive ketones (excluding diaryl/α,β-unsaturated/α-hetero) is 1. The minimum absolute atomic E-state index is 0.129. The van der Waals surface area contributed by atoms with Crippen LogP contribution in [0, 0.1) is 5.41 Å². The Morgan fingerprint density at radius 1 is 1.35 bits per heavy atom. The molecule has 1 rings (SSSR count). The van der Waals surface area contributed by atoms with Crippen molar-refractivity contribution < 1.29 is 9.53 Å². The molecule has 0 bridgehead atoms. The lowest BCUT2D eigenvalue weighted by Gasteiger charge is -2.28. The zero-order chi connectivity index (χ0) is 12.9. The molecule has 1 atom stereocenters. The van der Waals surface area contributed by atoms with Crippen LogP contribution in [0.4, 0.5) is 0 Å². The number of carbonyl (C=O) groups is 1. The van der Waals surface area contributed by atoms with Crippen molar-refractivity contribution in [1.82, 2.24) is 4.90 Å². The SMILES string of the molecule is CC(C)(C)C(N)C(=O)CCCN1CCOCC1. The van der Waals surface area contributed by atoms with E-state index in [1.165, 1.54) is 0 Å². The molecule has 0 spiro atoms. The van der Waals surface area contributed by atoms with E-state index in [0.717, 1.165) is 39.3 Å². The number of ether oxygens (including phenoxy) is 1. The van der Waals surface area contributed by atoms with Crippen LogP contribution in [0.1, 0.15) is 33.6 Å². The van der Waals surface area contributed by atoms with Gasteiger partial charge in [-0.1, -0.05) is 20.8 Å². The van der Waals surface area contributed by atoms with Gasteiger partial charge < -0.3 is 10.5 Å². The summed E-state index contributed by atoms with van der Waals surface area (Å²) in [5.74, 6) is 0.186. The Labute approximate surface area is 104 Å². The Kier molecular flexibility index (Phi) is 5.56. The van der Waals surface area contributed by atoms with Crippen LogP contribution < -0.4 is 5.73 Å². The maximum absolute atomic E-state index is 11.9. The maximum Gasteiger partial charge on any atom is 0.150 e. The van der Waals surface area contributed by atoms with Crippen LogP contribution in [0.2, 0.25) is 0 Å². The van der Waals surface area contributed by atoms with Gasteiger partial charge in [-0.25, -0.2) is 0 Å². The largest absolute Gasteiger partial charge is 0.379 e. The number of nitrogens with two attached hydrogens (primary N) is 1. The third kappa shape index (κ3) is 5.15. The molecular weight excluding hydrogens is 216 g/mol. The summed E-state index contributed by atoms with van der Waals surface area (Å²) in [6.07, 6.45) is 1.50. The van der Waals surface area contributed by atoms with Crippen molar-refractivity contribution in [1.29, 1.82) is 0 Å². The first kappa shape index (κ1) is 14.6. The number of nitrogens with zero attached hydrogens (tertiary/aromatic N) is 1. The highest BCUT2D eigenvalue weighted by molar-refractivity contribution is 5.84. The normalized spacial score (nSPS) is 20.2. The van der Waals surface area contributed by atoms with Gasteiger partial charge in [-0.05, 0) is 18.4 Å². The molecule has 17 heavy (non-hydrogen) atoms. The first-order valence-corrected chi connectivity index (χ1v) is 6.49. The first-order valence-electron chi connectivity index (χ1n) is 6.49. The molecule has 1 aliphatic heterocycles. The third-order valence-corrected chi connectivity index (χ3v) is 3.28. The van der Waals surface area contributed by atoms with Gasteiger partial charge in [0.15, 0.2) is 0 Å². The van der Waals surface area contributed by atoms with Crippen molar-refractivity contribution in [2.24, 2.45) is 11.1 Å². The zero-order valence-electron chi connectivity index (χ0n) is 11.4. The highest BCUT2D eigenvalue weighted by Crippen LogP contribution is 2.19. The smallest absolute Gasteiger partial charge is 0.150 e. The second-order valence-electron chi connectivity index (χ2n) is 5.87.